The molecule has 0 bridgehead atoms. The Morgan fingerprint density at radius 3 is 2.88 bits per heavy atom. The highest BCUT2D eigenvalue weighted by Crippen LogP contribution is 2.21. The van der Waals surface area contributed by atoms with E-state index < -0.39 is 6.10 Å². The summed E-state index contributed by atoms with van der Waals surface area (Å²) >= 11 is 0. The summed E-state index contributed by atoms with van der Waals surface area (Å²) in [6.45, 7) is 10.2. The van der Waals surface area contributed by atoms with E-state index in [1.54, 1.807) is 18.2 Å². The van der Waals surface area contributed by atoms with Gasteiger partial charge in [0.05, 0.1) is 0 Å². The molecule has 0 amide bonds. The van der Waals surface area contributed by atoms with E-state index in [0.717, 1.165) is 26.1 Å². The summed E-state index contributed by atoms with van der Waals surface area (Å²) in [6.07, 6.45) is 0.585. The summed E-state index contributed by atoms with van der Waals surface area (Å²) in [5.41, 5.74) is 0.626. The highest BCUT2D eigenvalue weighted by Gasteiger charge is 2.29. The molecule has 0 aliphatic carbocycles. The Morgan fingerprint density at radius 2 is 2.24 bits per heavy atom. The molecule has 0 spiro atoms. The smallest absolute Gasteiger partial charge is 0.159 e. The van der Waals surface area contributed by atoms with E-state index in [4.69, 9.17) is 4.74 Å². The minimum Gasteiger partial charge on any atom is -0.491 e. The van der Waals surface area contributed by atoms with Gasteiger partial charge in [0.2, 0.25) is 0 Å². The Labute approximate surface area is 151 Å². The quantitative estimate of drug-likeness (QED) is 0.731. The van der Waals surface area contributed by atoms with Crippen LogP contribution < -0.4 is 4.74 Å². The lowest BCUT2D eigenvalue weighted by Gasteiger charge is -2.41. The van der Waals surface area contributed by atoms with E-state index in [2.05, 4.69) is 30.7 Å². The van der Waals surface area contributed by atoms with Gasteiger partial charge in [-0.05, 0) is 51.5 Å². The Kier molecular flexibility index (Phi) is 7.41. The van der Waals surface area contributed by atoms with Crippen LogP contribution >= 0.6 is 0 Å². The lowest BCUT2D eigenvalue weighted by atomic mass is 9.92. The molecule has 140 valence electrons. The molecule has 0 aromatic heterocycles. The van der Waals surface area contributed by atoms with Crippen LogP contribution in [0.1, 0.15) is 37.6 Å². The molecule has 0 radical (unpaired) electrons. The summed E-state index contributed by atoms with van der Waals surface area (Å²) in [5, 5.41) is 10.3. The fourth-order valence-corrected chi connectivity index (χ4v) is 3.68. The second-order valence-corrected chi connectivity index (χ2v) is 7.21. The number of carbonyl (C=O) groups is 1. The topological polar surface area (TPSA) is 53.0 Å². The van der Waals surface area contributed by atoms with Crippen molar-refractivity contribution in [1.29, 1.82) is 0 Å². The van der Waals surface area contributed by atoms with Gasteiger partial charge in [-0.3, -0.25) is 4.79 Å². The van der Waals surface area contributed by atoms with Crippen molar-refractivity contribution in [3.05, 3.63) is 29.8 Å². The molecule has 1 aliphatic heterocycles. The van der Waals surface area contributed by atoms with Crippen LogP contribution in [0.3, 0.4) is 0 Å². The first-order valence-electron chi connectivity index (χ1n) is 9.25. The van der Waals surface area contributed by atoms with Gasteiger partial charge in [-0.15, -0.1) is 0 Å². The number of carbonyl (C=O) groups excluding carboxylic acids is 1. The number of Topliss-reactive ketones (excluding diaryl/α,β-unsaturated/α-hetero) is 1. The van der Waals surface area contributed by atoms with Gasteiger partial charge >= 0.3 is 0 Å². The van der Waals surface area contributed by atoms with E-state index in [9.17, 15) is 9.90 Å². The van der Waals surface area contributed by atoms with Crippen LogP contribution in [0.4, 0.5) is 0 Å². The molecular formula is C20H32N2O3. The molecule has 1 saturated heterocycles. The number of ether oxygens (including phenoxy) is 1. The van der Waals surface area contributed by atoms with Gasteiger partial charge in [0.25, 0.3) is 0 Å². The van der Waals surface area contributed by atoms with Gasteiger partial charge in [0, 0.05) is 24.7 Å². The van der Waals surface area contributed by atoms with E-state index >= 15 is 0 Å². The second kappa shape index (κ2) is 9.32. The monoisotopic (exact) mass is 348 g/mol. The largest absolute Gasteiger partial charge is 0.491 e. The lowest BCUT2D eigenvalue weighted by molar-refractivity contribution is 0.0291. The van der Waals surface area contributed by atoms with Gasteiger partial charge in [0.15, 0.2) is 5.78 Å². The highest BCUT2D eigenvalue weighted by atomic mass is 16.5. The third-order valence-corrected chi connectivity index (χ3v) is 5.14. The molecule has 1 heterocycles. The number of rotatable bonds is 8. The first kappa shape index (κ1) is 19.9. The van der Waals surface area contributed by atoms with E-state index in [0.29, 0.717) is 29.8 Å². The van der Waals surface area contributed by atoms with Crippen LogP contribution in [0.25, 0.3) is 0 Å². The van der Waals surface area contributed by atoms with Crippen LogP contribution in [0.15, 0.2) is 24.3 Å². The fourth-order valence-electron chi connectivity index (χ4n) is 3.68. The van der Waals surface area contributed by atoms with Crippen LogP contribution in [0, 0.1) is 5.92 Å². The third kappa shape index (κ3) is 5.80. The fraction of sp³-hybridized carbons (Fsp3) is 0.650. The third-order valence-electron chi connectivity index (χ3n) is 5.14. The molecule has 1 aliphatic rings. The molecule has 5 nitrogen and oxygen atoms in total. The maximum atomic E-state index is 11.4. The summed E-state index contributed by atoms with van der Waals surface area (Å²) in [5.74, 6) is 1.23. The van der Waals surface area contributed by atoms with Crippen molar-refractivity contribution in [2.45, 2.75) is 39.3 Å². The van der Waals surface area contributed by atoms with Crippen molar-refractivity contribution in [1.82, 2.24) is 9.80 Å². The zero-order valence-electron chi connectivity index (χ0n) is 15.9. The SMILES string of the molecule is CCN1CCC(N(C)CC(O)COc2cccc(C(C)=O)c2)C(C)C1. The van der Waals surface area contributed by atoms with Gasteiger partial charge in [-0.25, -0.2) is 0 Å². The zero-order chi connectivity index (χ0) is 18.4. The normalized spacial score (nSPS) is 22.8. The van der Waals surface area contributed by atoms with Gasteiger partial charge in [0.1, 0.15) is 18.5 Å². The molecule has 25 heavy (non-hydrogen) atoms. The highest BCUT2D eigenvalue weighted by molar-refractivity contribution is 5.94. The van der Waals surface area contributed by atoms with E-state index in [1.807, 2.05) is 6.07 Å². The number of nitrogens with zero attached hydrogens (tertiary/aromatic N) is 2. The number of aliphatic hydroxyl groups is 1. The molecule has 3 unspecified atom stereocenters. The van der Waals surface area contributed by atoms with Crippen LogP contribution in [0.5, 0.6) is 5.75 Å². The van der Waals surface area contributed by atoms with E-state index in [1.165, 1.54) is 6.92 Å². The number of likely N-dealkylation sites (N-methyl/N-ethyl adjacent to an activating group) is 1. The minimum absolute atomic E-state index is 0.0122. The predicted octanol–water partition coefficient (Wildman–Crippen LogP) is 2.29. The molecule has 3 atom stereocenters. The number of aliphatic hydroxyl groups excluding tert-OH is 1. The van der Waals surface area contributed by atoms with Crippen LogP contribution in [-0.2, 0) is 0 Å². The molecule has 0 saturated carbocycles. The van der Waals surface area contributed by atoms with Crippen LogP contribution in [-0.4, -0.2) is 72.7 Å². The molecule has 1 aromatic rings. The summed E-state index contributed by atoms with van der Waals surface area (Å²) in [6, 6.07) is 7.60. The first-order chi connectivity index (χ1) is 11.9. The standard InChI is InChI=1S/C20H32N2O3/c1-5-22-10-9-20(15(2)12-22)21(4)13-18(24)14-25-19-8-6-7-17(11-19)16(3)23/h6-8,11,15,18,20,24H,5,9-10,12-14H2,1-4H3. The number of hydrogen-bond acceptors (Lipinski definition) is 5. The van der Waals surface area contributed by atoms with Crippen LogP contribution in [0.2, 0.25) is 0 Å². The Balaban J connectivity index is 1.80. The molecule has 2 rings (SSSR count). The van der Waals surface area contributed by atoms with Crippen molar-refractivity contribution in [2.75, 3.05) is 39.8 Å². The average Bonchev–Trinajstić information content (AvgIpc) is 2.59. The molecule has 1 N–H and O–H groups in total. The van der Waals surface area contributed by atoms with Crippen molar-refractivity contribution >= 4 is 5.78 Å². The van der Waals surface area contributed by atoms with Crippen molar-refractivity contribution < 1.29 is 14.6 Å². The van der Waals surface area contributed by atoms with E-state index in [-0.39, 0.29) is 12.4 Å². The van der Waals surface area contributed by atoms with Gasteiger partial charge in [-0.2, -0.15) is 0 Å². The molecule has 5 heteroatoms. The summed E-state index contributed by atoms with van der Waals surface area (Å²) in [7, 11) is 2.09. The Bertz CT molecular complexity index is 564. The number of ketones is 1. The summed E-state index contributed by atoms with van der Waals surface area (Å²) < 4.78 is 5.67. The van der Waals surface area contributed by atoms with Crippen molar-refractivity contribution in [2.24, 2.45) is 5.92 Å². The number of piperidine rings is 1. The van der Waals surface area contributed by atoms with Crippen molar-refractivity contribution in [3.63, 3.8) is 0 Å². The zero-order valence-corrected chi connectivity index (χ0v) is 15.9. The number of likely N-dealkylation sites (tertiary alicyclic amines) is 1. The lowest BCUT2D eigenvalue weighted by Crippen LogP contribution is -2.50. The minimum atomic E-state index is -0.553. The van der Waals surface area contributed by atoms with Gasteiger partial charge in [-0.1, -0.05) is 26.0 Å². The Hall–Kier alpha value is -1.43. The summed E-state index contributed by atoms with van der Waals surface area (Å²) in [4.78, 5) is 16.2. The Morgan fingerprint density at radius 1 is 1.48 bits per heavy atom. The molecular weight excluding hydrogens is 316 g/mol. The average molecular weight is 348 g/mol. The predicted molar refractivity (Wildman–Crippen MR) is 100 cm³/mol. The van der Waals surface area contributed by atoms with Gasteiger partial charge < -0.3 is 19.6 Å². The van der Waals surface area contributed by atoms with Crippen molar-refractivity contribution in [3.8, 4) is 5.75 Å². The maximum absolute atomic E-state index is 11.4. The molecule has 1 fully saturated rings. The molecule has 1 aromatic carbocycles. The number of hydrogen-bond donors (Lipinski definition) is 1. The second-order valence-electron chi connectivity index (χ2n) is 7.21. The number of benzene rings is 1. The first-order valence-corrected chi connectivity index (χ1v) is 9.25. The maximum Gasteiger partial charge on any atom is 0.159 e.